The molecule has 0 saturated heterocycles. The van der Waals surface area contributed by atoms with Gasteiger partial charge in [-0.15, -0.1) is 0 Å². The summed E-state index contributed by atoms with van der Waals surface area (Å²) < 4.78 is 23.8. The molecule has 6 nitrogen and oxygen atoms in total. The van der Waals surface area contributed by atoms with E-state index >= 15 is 0 Å². The predicted molar refractivity (Wildman–Crippen MR) is 93.5 cm³/mol. The highest BCUT2D eigenvalue weighted by molar-refractivity contribution is 5.78. The zero-order valence-corrected chi connectivity index (χ0v) is 14.7. The quantitative estimate of drug-likeness (QED) is 0.858. The lowest BCUT2D eigenvalue weighted by atomic mass is 9.92. The van der Waals surface area contributed by atoms with E-state index in [4.69, 9.17) is 9.47 Å². The van der Waals surface area contributed by atoms with Gasteiger partial charge in [-0.05, 0) is 43.4 Å². The molecule has 26 heavy (non-hydrogen) atoms. The number of carbonyl (C=O) groups is 1. The summed E-state index contributed by atoms with van der Waals surface area (Å²) in [6, 6.07) is 6.14. The van der Waals surface area contributed by atoms with Gasteiger partial charge in [0.15, 0.2) is 0 Å². The number of halogens is 1. The Hall–Kier alpha value is -2.70. The van der Waals surface area contributed by atoms with Crippen LogP contribution < -0.4 is 14.8 Å². The molecule has 1 N–H and O–H groups in total. The average Bonchev–Trinajstić information content (AvgIpc) is 2.65. The first kappa shape index (κ1) is 18.1. The second-order valence-electron chi connectivity index (χ2n) is 6.36. The summed E-state index contributed by atoms with van der Waals surface area (Å²) in [6.07, 6.45) is 6.77. The van der Waals surface area contributed by atoms with Crippen LogP contribution in [-0.4, -0.2) is 35.1 Å². The number of amides is 1. The molecule has 0 bridgehead atoms. The summed E-state index contributed by atoms with van der Waals surface area (Å²) in [4.78, 5) is 20.4. The fourth-order valence-corrected chi connectivity index (χ4v) is 3.05. The third-order valence-electron chi connectivity index (χ3n) is 4.40. The second-order valence-corrected chi connectivity index (χ2v) is 6.36. The van der Waals surface area contributed by atoms with Crippen LogP contribution >= 0.6 is 0 Å². The Kier molecular flexibility index (Phi) is 5.99. The Morgan fingerprint density at radius 3 is 2.54 bits per heavy atom. The summed E-state index contributed by atoms with van der Waals surface area (Å²) in [6.45, 7) is 0. The molecule has 0 unspecified atom stereocenters. The third-order valence-corrected chi connectivity index (χ3v) is 4.40. The Labute approximate surface area is 151 Å². The van der Waals surface area contributed by atoms with Gasteiger partial charge in [0, 0.05) is 6.04 Å². The van der Waals surface area contributed by atoms with Crippen molar-refractivity contribution in [1.29, 1.82) is 0 Å². The number of benzene rings is 1. The van der Waals surface area contributed by atoms with E-state index in [9.17, 15) is 9.18 Å². The van der Waals surface area contributed by atoms with Crippen molar-refractivity contribution >= 4 is 5.91 Å². The minimum atomic E-state index is -0.298. The summed E-state index contributed by atoms with van der Waals surface area (Å²) in [5, 5.41) is 3.05. The number of nitrogens with zero attached hydrogens (tertiary/aromatic N) is 2. The van der Waals surface area contributed by atoms with Crippen LogP contribution in [0, 0.1) is 5.82 Å². The molecule has 7 heteroatoms. The Morgan fingerprint density at radius 2 is 1.85 bits per heavy atom. The molecule has 1 amide bonds. The number of carbonyl (C=O) groups excluding carboxylic acids is 1. The molecule has 0 aliphatic heterocycles. The van der Waals surface area contributed by atoms with Gasteiger partial charge in [-0.1, -0.05) is 12.1 Å². The molecule has 1 saturated carbocycles. The zero-order valence-electron chi connectivity index (χ0n) is 14.7. The standard InChI is InChI=1S/C19H22FN3O3/c1-25-18-11-21-12-19(23-18)26-16-8-6-15(7-9-16)22-17(24)10-13-2-4-14(20)5-3-13/h2-5,11-12,15-16H,6-10H2,1H3,(H,22,24). The predicted octanol–water partition coefficient (Wildman–Crippen LogP) is 2.67. The number of ether oxygens (including phenoxy) is 2. The molecule has 1 fully saturated rings. The van der Waals surface area contributed by atoms with Crippen LogP contribution in [0.5, 0.6) is 11.8 Å². The number of hydrogen-bond donors (Lipinski definition) is 1. The van der Waals surface area contributed by atoms with Gasteiger partial charge in [-0.3, -0.25) is 9.78 Å². The van der Waals surface area contributed by atoms with E-state index in [1.54, 1.807) is 18.3 Å². The minimum absolute atomic E-state index is 0.0420. The number of nitrogens with one attached hydrogen (secondary N) is 1. The van der Waals surface area contributed by atoms with Crippen LogP contribution in [0.1, 0.15) is 31.2 Å². The van der Waals surface area contributed by atoms with E-state index in [0.717, 1.165) is 31.2 Å². The van der Waals surface area contributed by atoms with Gasteiger partial charge in [-0.25, -0.2) is 4.39 Å². The maximum atomic E-state index is 12.9. The maximum Gasteiger partial charge on any atom is 0.235 e. The fraction of sp³-hybridized carbons (Fsp3) is 0.421. The highest BCUT2D eigenvalue weighted by Crippen LogP contribution is 2.23. The van der Waals surface area contributed by atoms with Crippen molar-refractivity contribution in [3.05, 3.63) is 48.0 Å². The number of methoxy groups -OCH3 is 1. The summed E-state index contributed by atoms with van der Waals surface area (Å²) in [5.74, 6) is 0.533. The highest BCUT2D eigenvalue weighted by Gasteiger charge is 2.24. The molecular weight excluding hydrogens is 337 g/mol. The molecule has 1 aliphatic rings. The van der Waals surface area contributed by atoms with Crippen LogP contribution in [-0.2, 0) is 11.2 Å². The van der Waals surface area contributed by atoms with Crippen LogP contribution in [0.15, 0.2) is 36.7 Å². The van der Waals surface area contributed by atoms with Crippen LogP contribution in [0.25, 0.3) is 0 Å². The first-order valence-corrected chi connectivity index (χ1v) is 8.69. The SMILES string of the molecule is COc1cncc(OC2CCC(NC(=O)Cc3ccc(F)cc3)CC2)n1. The van der Waals surface area contributed by atoms with Crippen molar-refractivity contribution in [3.8, 4) is 11.8 Å². The molecule has 0 radical (unpaired) electrons. The Morgan fingerprint density at radius 1 is 1.15 bits per heavy atom. The molecule has 1 aliphatic carbocycles. The molecule has 0 spiro atoms. The van der Waals surface area contributed by atoms with Gasteiger partial charge in [-0.2, -0.15) is 4.98 Å². The third kappa shape index (κ3) is 5.15. The van der Waals surface area contributed by atoms with Crippen molar-refractivity contribution in [2.75, 3.05) is 7.11 Å². The van der Waals surface area contributed by atoms with E-state index in [1.165, 1.54) is 25.4 Å². The van der Waals surface area contributed by atoms with E-state index in [0.29, 0.717) is 11.8 Å². The lowest BCUT2D eigenvalue weighted by molar-refractivity contribution is -0.121. The first-order chi connectivity index (χ1) is 12.6. The molecule has 138 valence electrons. The Balaban J connectivity index is 1.43. The summed E-state index contributed by atoms with van der Waals surface area (Å²) in [5.41, 5.74) is 0.803. The zero-order chi connectivity index (χ0) is 18.4. The molecule has 3 rings (SSSR count). The van der Waals surface area contributed by atoms with Crippen LogP contribution in [0.2, 0.25) is 0 Å². The van der Waals surface area contributed by atoms with Crippen molar-refractivity contribution in [2.24, 2.45) is 0 Å². The van der Waals surface area contributed by atoms with Crippen LogP contribution in [0.4, 0.5) is 4.39 Å². The van der Waals surface area contributed by atoms with Crippen molar-refractivity contribution in [2.45, 2.75) is 44.2 Å². The van der Waals surface area contributed by atoms with Gasteiger partial charge in [0.2, 0.25) is 17.7 Å². The first-order valence-electron chi connectivity index (χ1n) is 8.69. The largest absolute Gasteiger partial charge is 0.480 e. The molecule has 1 aromatic carbocycles. The van der Waals surface area contributed by atoms with Crippen molar-refractivity contribution in [3.63, 3.8) is 0 Å². The molecule has 2 aromatic rings. The lowest BCUT2D eigenvalue weighted by Crippen LogP contribution is -2.40. The second kappa shape index (κ2) is 8.60. The van der Waals surface area contributed by atoms with Gasteiger partial charge in [0.05, 0.1) is 25.9 Å². The summed E-state index contributed by atoms with van der Waals surface area (Å²) >= 11 is 0. The molecular formula is C19H22FN3O3. The lowest BCUT2D eigenvalue weighted by Gasteiger charge is -2.29. The van der Waals surface area contributed by atoms with E-state index in [2.05, 4.69) is 15.3 Å². The number of rotatable bonds is 6. The topological polar surface area (TPSA) is 73.3 Å². The maximum absolute atomic E-state index is 12.9. The van der Waals surface area contributed by atoms with Crippen molar-refractivity contribution in [1.82, 2.24) is 15.3 Å². The highest BCUT2D eigenvalue weighted by atomic mass is 19.1. The van der Waals surface area contributed by atoms with Gasteiger partial charge < -0.3 is 14.8 Å². The Bertz CT molecular complexity index is 731. The average molecular weight is 359 g/mol. The van der Waals surface area contributed by atoms with Crippen LogP contribution in [0.3, 0.4) is 0 Å². The van der Waals surface area contributed by atoms with E-state index in [1.807, 2.05) is 0 Å². The summed E-state index contributed by atoms with van der Waals surface area (Å²) in [7, 11) is 1.54. The van der Waals surface area contributed by atoms with Gasteiger partial charge in [0.25, 0.3) is 0 Å². The number of hydrogen-bond acceptors (Lipinski definition) is 5. The smallest absolute Gasteiger partial charge is 0.235 e. The van der Waals surface area contributed by atoms with Gasteiger partial charge >= 0.3 is 0 Å². The molecule has 1 aromatic heterocycles. The normalized spacial score (nSPS) is 19.6. The van der Waals surface area contributed by atoms with Gasteiger partial charge in [0.1, 0.15) is 11.9 Å². The monoisotopic (exact) mass is 359 g/mol. The van der Waals surface area contributed by atoms with E-state index in [-0.39, 0.29) is 30.3 Å². The molecule has 1 heterocycles. The fourth-order valence-electron chi connectivity index (χ4n) is 3.05. The number of aromatic nitrogens is 2. The van der Waals surface area contributed by atoms with Crippen molar-refractivity contribution < 1.29 is 18.7 Å². The molecule has 0 atom stereocenters. The van der Waals surface area contributed by atoms with E-state index < -0.39 is 0 Å². The minimum Gasteiger partial charge on any atom is -0.480 e.